The Labute approximate surface area is 191 Å². The number of nitrogens with one attached hydrogen (secondary N) is 1. The van der Waals surface area contributed by atoms with Crippen molar-refractivity contribution in [1.82, 2.24) is 0 Å². The minimum atomic E-state index is -0.441. The van der Waals surface area contributed by atoms with Crippen molar-refractivity contribution in [3.8, 4) is 5.75 Å². The molecule has 1 saturated heterocycles. The summed E-state index contributed by atoms with van der Waals surface area (Å²) in [5.74, 6) is 0.313. The van der Waals surface area contributed by atoms with Gasteiger partial charge in [0.15, 0.2) is 0 Å². The van der Waals surface area contributed by atoms with E-state index in [0.29, 0.717) is 17.1 Å². The molecule has 1 aliphatic rings. The molecule has 0 bridgehead atoms. The number of aromatic hydroxyl groups is 1. The molecule has 6 N–H and O–H groups in total. The molecule has 172 valence electrons. The Morgan fingerprint density at radius 2 is 1.56 bits per heavy atom. The van der Waals surface area contributed by atoms with Gasteiger partial charge in [0.1, 0.15) is 12.3 Å². The summed E-state index contributed by atoms with van der Waals surface area (Å²) in [4.78, 5) is 11.8. The van der Waals surface area contributed by atoms with E-state index >= 15 is 0 Å². The van der Waals surface area contributed by atoms with E-state index in [1.165, 1.54) is 36.3 Å². The first kappa shape index (κ1) is 26.9. The summed E-state index contributed by atoms with van der Waals surface area (Å²) < 4.78 is 0. The first-order valence-electron chi connectivity index (χ1n) is 9.85. The third-order valence-corrected chi connectivity index (χ3v) is 5.41. The second-order valence-electron chi connectivity index (χ2n) is 7.41. The topological polar surface area (TPSA) is 156 Å². The van der Waals surface area contributed by atoms with E-state index in [2.05, 4.69) is 10.2 Å². The smallest absolute Gasteiger partial charge is 0.269 e. The van der Waals surface area contributed by atoms with Crippen LogP contribution in [0.25, 0.3) is 10.8 Å². The molecule has 4 rings (SSSR count). The molecule has 0 aromatic heterocycles. The number of nitro groups is 1. The third kappa shape index (κ3) is 5.98. The van der Waals surface area contributed by atoms with Gasteiger partial charge < -0.3 is 33.4 Å². The Balaban J connectivity index is 0.00000171. The summed E-state index contributed by atoms with van der Waals surface area (Å²) in [5.41, 5.74) is 2.11. The van der Waals surface area contributed by atoms with Gasteiger partial charge in [-0.3, -0.25) is 10.1 Å². The van der Waals surface area contributed by atoms with Crippen LogP contribution in [0.3, 0.4) is 0 Å². The fourth-order valence-electron chi connectivity index (χ4n) is 3.87. The van der Waals surface area contributed by atoms with Crippen LogP contribution < -0.4 is 17.3 Å². The van der Waals surface area contributed by atoms with Crippen LogP contribution in [0.2, 0.25) is 0 Å². The molecule has 0 unspecified atom stereocenters. The van der Waals surface area contributed by atoms with Crippen molar-refractivity contribution in [3.05, 3.63) is 70.3 Å². The van der Waals surface area contributed by atoms with Crippen LogP contribution in [0.4, 0.5) is 17.1 Å². The normalized spacial score (nSPS) is 13.8. The van der Waals surface area contributed by atoms with Gasteiger partial charge in [-0.25, -0.2) is 0 Å². The fraction of sp³-hybridized carbons (Fsp3) is 0.273. The summed E-state index contributed by atoms with van der Waals surface area (Å²) in [6.45, 7) is 2.99. The molecule has 10 heteroatoms. The minimum absolute atomic E-state index is 0. The Kier molecular flexibility index (Phi) is 10.1. The summed E-state index contributed by atoms with van der Waals surface area (Å²) in [6, 6.07) is 15.5. The lowest BCUT2D eigenvalue weighted by atomic mass is 10.0. The number of rotatable bonds is 5. The van der Waals surface area contributed by atoms with Gasteiger partial charge in [0, 0.05) is 22.9 Å². The highest BCUT2D eigenvalue weighted by Gasteiger charge is 2.18. The van der Waals surface area contributed by atoms with Gasteiger partial charge in [0.05, 0.1) is 35.0 Å². The van der Waals surface area contributed by atoms with Crippen molar-refractivity contribution in [2.75, 3.05) is 13.1 Å². The predicted molar refractivity (Wildman–Crippen MR) is 118 cm³/mol. The van der Waals surface area contributed by atoms with Crippen molar-refractivity contribution in [1.29, 1.82) is 0 Å². The first-order valence-corrected chi connectivity index (χ1v) is 9.85. The average molecular weight is 463 g/mol. The van der Waals surface area contributed by atoms with Gasteiger partial charge in [-0.05, 0) is 37.5 Å². The number of hydrogen-bond donors (Lipinski definition) is 2. The number of phenols is 1. The van der Waals surface area contributed by atoms with E-state index in [1.54, 1.807) is 12.1 Å². The molecule has 3 aromatic carbocycles. The fourth-order valence-corrected chi connectivity index (χ4v) is 3.87. The Hall–Kier alpha value is -3.11. The number of hydrogen-bond acceptors (Lipinski definition) is 5. The third-order valence-electron chi connectivity index (χ3n) is 5.41. The number of quaternary nitrogens is 1. The molecule has 0 atom stereocenters. The number of non-ortho nitro benzene ring substituents is 1. The molecule has 0 aliphatic carbocycles. The van der Waals surface area contributed by atoms with Crippen LogP contribution in [-0.2, 0) is 6.54 Å². The van der Waals surface area contributed by atoms with Gasteiger partial charge in [-0.1, -0.05) is 24.3 Å². The number of azo groups is 1. The Bertz CT molecular complexity index is 1070. The highest BCUT2D eigenvalue weighted by atomic mass is 35.5. The number of fused-ring (bicyclic) bond motifs is 1. The van der Waals surface area contributed by atoms with Crippen LogP contribution in [0, 0.1) is 10.1 Å². The van der Waals surface area contributed by atoms with Crippen LogP contribution in [0.1, 0.15) is 24.8 Å². The molecular formula is C22H27ClN4O5. The molecule has 32 heavy (non-hydrogen) atoms. The number of piperidine rings is 1. The summed E-state index contributed by atoms with van der Waals surface area (Å²) in [5, 5.41) is 31.9. The van der Waals surface area contributed by atoms with Crippen molar-refractivity contribution >= 4 is 27.8 Å². The monoisotopic (exact) mass is 462 g/mol. The van der Waals surface area contributed by atoms with E-state index < -0.39 is 4.92 Å². The van der Waals surface area contributed by atoms with Gasteiger partial charge in [-0.15, -0.1) is 5.11 Å². The standard InChI is InChI=1S/C22H22N4O3.ClH.2H2O/c27-22-16(15-25-12-4-1-5-13-25)14-21(19-6-2-3-7-20(19)22)24-23-17-8-10-18(11-9-17)26(28)29;;;/h2-3,6-11,14,27H,1,4-5,12-13,15H2;1H;2*1H2. The lowest BCUT2D eigenvalue weighted by Gasteiger charge is -2.24. The largest absolute Gasteiger partial charge is 1.00 e. The lowest BCUT2D eigenvalue weighted by Crippen LogP contribution is -3.11. The molecule has 9 nitrogen and oxygen atoms in total. The number of halogens is 1. The molecule has 0 amide bonds. The maximum atomic E-state index is 10.8. The maximum absolute atomic E-state index is 10.8. The van der Waals surface area contributed by atoms with Gasteiger partial charge in [-0.2, -0.15) is 5.11 Å². The molecule has 1 fully saturated rings. The van der Waals surface area contributed by atoms with Gasteiger partial charge in [0.25, 0.3) is 5.69 Å². The van der Waals surface area contributed by atoms with Crippen molar-refractivity contribution in [3.63, 3.8) is 0 Å². The maximum Gasteiger partial charge on any atom is 0.269 e. The number of phenolic OH excluding ortho intramolecular Hbond substituents is 1. The summed E-state index contributed by atoms with van der Waals surface area (Å²) in [7, 11) is 0. The molecule has 0 spiro atoms. The van der Waals surface area contributed by atoms with Crippen LogP contribution in [0.15, 0.2) is 64.8 Å². The molecule has 1 heterocycles. The second-order valence-corrected chi connectivity index (χ2v) is 7.41. The van der Waals surface area contributed by atoms with Gasteiger partial charge >= 0.3 is 0 Å². The summed E-state index contributed by atoms with van der Waals surface area (Å²) in [6.07, 6.45) is 3.72. The minimum Gasteiger partial charge on any atom is -1.00 e. The summed E-state index contributed by atoms with van der Waals surface area (Å²) >= 11 is 0. The lowest BCUT2D eigenvalue weighted by molar-refractivity contribution is -0.918. The zero-order chi connectivity index (χ0) is 20.2. The Morgan fingerprint density at radius 1 is 0.938 bits per heavy atom. The van der Waals surface area contributed by atoms with Crippen molar-refractivity contribution in [2.45, 2.75) is 25.8 Å². The SMILES string of the molecule is O.O.O=[N+]([O-])c1ccc(N=Nc2cc(C[NH+]3CCCCC3)c(O)c3ccccc23)cc1.[Cl-]. The molecule has 1 aliphatic heterocycles. The number of likely N-dealkylation sites (tertiary alicyclic amines) is 1. The molecule has 0 saturated carbocycles. The number of nitrogens with zero attached hydrogens (tertiary/aromatic N) is 3. The zero-order valence-electron chi connectivity index (χ0n) is 17.4. The Morgan fingerprint density at radius 3 is 2.19 bits per heavy atom. The van der Waals surface area contributed by atoms with E-state index in [9.17, 15) is 15.2 Å². The highest BCUT2D eigenvalue weighted by Crippen LogP contribution is 2.36. The zero-order valence-corrected chi connectivity index (χ0v) is 18.2. The number of benzene rings is 3. The molecule has 0 radical (unpaired) electrons. The van der Waals surface area contributed by atoms with E-state index in [0.717, 1.165) is 36.0 Å². The van der Waals surface area contributed by atoms with Crippen molar-refractivity contribution in [2.24, 2.45) is 10.2 Å². The van der Waals surface area contributed by atoms with E-state index in [4.69, 9.17) is 0 Å². The van der Waals surface area contributed by atoms with Crippen LogP contribution >= 0.6 is 0 Å². The van der Waals surface area contributed by atoms with Crippen LogP contribution in [-0.4, -0.2) is 34.1 Å². The van der Waals surface area contributed by atoms with Crippen molar-refractivity contribution < 1.29 is 38.3 Å². The van der Waals surface area contributed by atoms with E-state index in [1.807, 2.05) is 30.3 Å². The van der Waals surface area contributed by atoms with Gasteiger partial charge in [0.2, 0.25) is 0 Å². The predicted octanol–water partition coefficient (Wildman–Crippen LogP) is -0.208. The average Bonchev–Trinajstić information content (AvgIpc) is 2.76. The highest BCUT2D eigenvalue weighted by molar-refractivity contribution is 5.97. The quantitative estimate of drug-likeness (QED) is 0.306. The van der Waals surface area contributed by atoms with Crippen LogP contribution in [0.5, 0.6) is 5.75 Å². The van der Waals surface area contributed by atoms with E-state index in [-0.39, 0.29) is 29.0 Å². The molecular weight excluding hydrogens is 436 g/mol. The molecule has 3 aromatic rings. The number of nitro benzene ring substituents is 1. The second kappa shape index (κ2) is 12.1. The first-order chi connectivity index (χ1) is 14.1.